The molecule has 1 saturated heterocycles. The molecule has 0 radical (unpaired) electrons. The van der Waals surface area contributed by atoms with Gasteiger partial charge in [-0.2, -0.15) is 18.3 Å². The Morgan fingerprint density at radius 3 is 2.28 bits per heavy atom. The first-order chi connectivity index (χ1) is 11.7. The third kappa shape index (κ3) is 3.72. The van der Waals surface area contributed by atoms with Crippen LogP contribution in [-0.4, -0.2) is 45.9 Å². The van der Waals surface area contributed by atoms with Crippen molar-refractivity contribution in [1.82, 2.24) is 19.7 Å². The van der Waals surface area contributed by atoms with Crippen molar-refractivity contribution in [2.45, 2.75) is 13.1 Å². The first-order valence-electron chi connectivity index (χ1n) is 7.70. The molecule has 2 aromatic heterocycles. The average molecular weight is 354 g/mol. The van der Waals surface area contributed by atoms with E-state index in [-0.39, 0.29) is 17.2 Å². The number of hydrogen-bond donors (Lipinski definition) is 0. The predicted molar refractivity (Wildman–Crippen MR) is 85.7 cm³/mol. The van der Waals surface area contributed by atoms with E-state index in [4.69, 9.17) is 0 Å². The third-order valence-electron chi connectivity index (χ3n) is 4.04. The summed E-state index contributed by atoms with van der Waals surface area (Å²) < 4.78 is 40.0. The average Bonchev–Trinajstić information content (AvgIpc) is 2.56. The molecule has 0 spiro atoms. The van der Waals surface area contributed by atoms with Crippen LogP contribution in [-0.2, 0) is 13.2 Å². The fourth-order valence-electron chi connectivity index (χ4n) is 2.69. The van der Waals surface area contributed by atoms with E-state index >= 15 is 0 Å². The van der Waals surface area contributed by atoms with Gasteiger partial charge in [0.15, 0.2) is 0 Å². The molecule has 1 fully saturated rings. The normalized spacial score (nSPS) is 15.6. The lowest BCUT2D eigenvalue weighted by atomic mass is 10.2. The van der Waals surface area contributed by atoms with Gasteiger partial charge < -0.3 is 9.80 Å². The van der Waals surface area contributed by atoms with Crippen molar-refractivity contribution in [1.29, 1.82) is 0 Å². The summed E-state index contributed by atoms with van der Waals surface area (Å²) in [5.74, 6) is 0.351. The van der Waals surface area contributed by atoms with Crippen LogP contribution in [0.3, 0.4) is 0 Å². The Bertz CT molecular complexity index is 827. The number of anilines is 2. The fraction of sp³-hybridized carbons (Fsp3) is 0.467. The van der Waals surface area contributed by atoms with Crippen molar-refractivity contribution in [2.24, 2.45) is 7.05 Å². The maximum atomic E-state index is 12.9. The van der Waals surface area contributed by atoms with Crippen LogP contribution in [0.4, 0.5) is 24.7 Å². The lowest BCUT2D eigenvalue weighted by Crippen LogP contribution is -2.47. The summed E-state index contributed by atoms with van der Waals surface area (Å²) in [5, 5.41) is 3.98. The van der Waals surface area contributed by atoms with Crippen molar-refractivity contribution in [2.75, 3.05) is 36.0 Å². The minimum absolute atomic E-state index is 0.0861. The molecule has 25 heavy (non-hydrogen) atoms. The van der Waals surface area contributed by atoms with Crippen molar-refractivity contribution in [3.8, 4) is 0 Å². The van der Waals surface area contributed by atoms with E-state index in [0.717, 1.165) is 6.07 Å². The molecule has 0 saturated carbocycles. The zero-order valence-corrected chi connectivity index (χ0v) is 13.8. The molecule has 3 rings (SSSR count). The second-order valence-corrected chi connectivity index (χ2v) is 5.81. The van der Waals surface area contributed by atoms with Gasteiger partial charge in [-0.15, -0.1) is 0 Å². The number of halogens is 3. The molecule has 3 heterocycles. The number of aromatic nitrogens is 4. The highest BCUT2D eigenvalue weighted by Crippen LogP contribution is 2.30. The first kappa shape index (κ1) is 17.2. The van der Waals surface area contributed by atoms with Crippen LogP contribution >= 0.6 is 0 Å². The predicted octanol–water partition coefficient (Wildman–Crippen LogP) is 1.22. The maximum Gasteiger partial charge on any atom is 0.433 e. The zero-order chi connectivity index (χ0) is 18.2. The second-order valence-electron chi connectivity index (χ2n) is 5.81. The number of hydrogen-bond acceptors (Lipinski definition) is 6. The molecule has 2 aromatic rings. The van der Waals surface area contributed by atoms with Gasteiger partial charge in [0.1, 0.15) is 17.3 Å². The SMILES string of the molecule is Cc1nc(N2CCN(c3cnn(C)c(=O)c3)CC2)cc(C(F)(F)F)n1. The molecular weight excluding hydrogens is 337 g/mol. The molecule has 1 aliphatic heterocycles. The van der Waals surface area contributed by atoms with Crippen LogP contribution in [0, 0.1) is 6.92 Å². The van der Waals surface area contributed by atoms with Gasteiger partial charge in [-0.05, 0) is 6.92 Å². The maximum absolute atomic E-state index is 12.9. The molecule has 0 aliphatic carbocycles. The minimum Gasteiger partial charge on any atom is -0.367 e. The van der Waals surface area contributed by atoms with E-state index in [0.29, 0.717) is 31.9 Å². The van der Waals surface area contributed by atoms with Crippen LogP contribution < -0.4 is 15.4 Å². The lowest BCUT2D eigenvalue weighted by molar-refractivity contribution is -0.141. The third-order valence-corrected chi connectivity index (χ3v) is 4.04. The minimum atomic E-state index is -4.50. The van der Waals surface area contributed by atoms with Crippen molar-refractivity contribution < 1.29 is 13.2 Å². The van der Waals surface area contributed by atoms with E-state index in [9.17, 15) is 18.0 Å². The number of aryl methyl sites for hydroxylation is 2. The Balaban J connectivity index is 1.75. The van der Waals surface area contributed by atoms with Crippen molar-refractivity contribution in [3.63, 3.8) is 0 Å². The Hall–Kier alpha value is -2.65. The topological polar surface area (TPSA) is 67.2 Å². The summed E-state index contributed by atoms with van der Waals surface area (Å²) in [7, 11) is 1.57. The van der Waals surface area contributed by atoms with Gasteiger partial charge in [-0.3, -0.25) is 4.79 Å². The Morgan fingerprint density at radius 1 is 1.04 bits per heavy atom. The quantitative estimate of drug-likeness (QED) is 0.808. The fourth-order valence-corrected chi connectivity index (χ4v) is 2.69. The molecule has 0 bridgehead atoms. The van der Waals surface area contributed by atoms with Gasteiger partial charge in [-0.25, -0.2) is 14.6 Å². The van der Waals surface area contributed by atoms with E-state index in [1.54, 1.807) is 18.1 Å². The molecule has 7 nitrogen and oxygen atoms in total. The van der Waals surface area contributed by atoms with Gasteiger partial charge in [0.25, 0.3) is 5.56 Å². The van der Waals surface area contributed by atoms with Crippen molar-refractivity contribution in [3.05, 3.63) is 40.2 Å². The van der Waals surface area contributed by atoms with E-state index in [1.807, 2.05) is 4.90 Å². The number of rotatable bonds is 2. The molecule has 134 valence electrons. The van der Waals surface area contributed by atoms with Crippen LogP contribution in [0.2, 0.25) is 0 Å². The molecule has 0 amide bonds. The Labute approximate surface area is 141 Å². The molecule has 0 atom stereocenters. The van der Waals surface area contributed by atoms with Crippen molar-refractivity contribution >= 4 is 11.5 Å². The van der Waals surface area contributed by atoms with Crippen LogP contribution in [0.25, 0.3) is 0 Å². The van der Waals surface area contributed by atoms with Gasteiger partial charge in [0.05, 0.1) is 11.9 Å². The summed E-state index contributed by atoms with van der Waals surface area (Å²) in [5.41, 5.74) is -0.438. The number of alkyl halides is 3. The summed E-state index contributed by atoms with van der Waals surface area (Å²) >= 11 is 0. The molecular formula is C15H17F3N6O. The smallest absolute Gasteiger partial charge is 0.367 e. The Morgan fingerprint density at radius 2 is 1.68 bits per heavy atom. The summed E-state index contributed by atoms with van der Waals surface area (Å²) in [4.78, 5) is 23.0. The molecule has 0 unspecified atom stereocenters. The van der Waals surface area contributed by atoms with Crippen LogP contribution in [0.1, 0.15) is 11.5 Å². The van der Waals surface area contributed by atoms with E-state index in [2.05, 4.69) is 15.1 Å². The molecule has 0 aromatic carbocycles. The standard InChI is InChI=1S/C15H17F3N6O/c1-10-20-12(15(16,17)18)8-13(21-10)24-5-3-23(4-6-24)11-7-14(25)22(2)19-9-11/h7-9H,3-6H2,1-2H3. The second kappa shape index (κ2) is 6.34. The summed E-state index contributed by atoms with van der Waals surface area (Å²) in [6.07, 6.45) is -2.90. The number of nitrogens with zero attached hydrogens (tertiary/aromatic N) is 6. The lowest BCUT2D eigenvalue weighted by Gasteiger charge is -2.36. The van der Waals surface area contributed by atoms with Gasteiger partial charge in [0.2, 0.25) is 0 Å². The highest BCUT2D eigenvalue weighted by molar-refractivity contribution is 5.47. The summed E-state index contributed by atoms with van der Waals surface area (Å²) in [6.45, 7) is 3.53. The molecule has 1 aliphatic rings. The highest BCUT2D eigenvalue weighted by Gasteiger charge is 2.34. The first-order valence-corrected chi connectivity index (χ1v) is 7.70. The molecule has 10 heteroatoms. The van der Waals surface area contributed by atoms with Crippen LogP contribution in [0.5, 0.6) is 0 Å². The van der Waals surface area contributed by atoms with Gasteiger partial charge in [0, 0.05) is 45.4 Å². The van der Waals surface area contributed by atoms with E-state index < -0.39 is 11.9 Å². The number of piperazine rings is 1. The largest absolute Gasteiger partial charge is 0.433 e. The molecule has 0 N–H and O–H groups in total. The van der Waals surface area contributed by atoms with Gasteiger partial charge in [-0.1, -0.05) is 0 Å². The van der Waals surface area contributed by atoms with E-state index in [1.165, 1.54) is 17.7 Å². The zero-order valence-electron chi connectivity index (χ0n) is 13.8. The summed E-state index contributed by atoms with van der Waals surface area (Å²) in [6, 6.07) is 2.47. The van der Waals surface area contributed by atoms with Crippen LogP contribution in [0.15, 0.2) is 23.1 Å². The Kier molecular flexibility index (Phi) is 4.36. The monoisotopic (exact) mass is 354 g/mol. The van der Waals surface area contributed by atoms with Gasteiger partial charge >= 0.3 is 6.18 Å². The highest BCUT2D eigenvalue weighted by atomic mass is 19.4.